The molecule has 0 saturated heterocycles. The Balaban J connectivity index is 2.65. The minimum absolute atomic E-state index is 0.380. The summed E-state index contributed by atoms with van der Waals surface area (Å²) < 4.78 is 23.5. The summed E-state index contributed by atoms with van der Waals surface area (Å²) in [5, 5.41) is 0. The number of nitrogens with zero attached hydrogens (tertiary/aromatic N) is 1. The maximum atomic E-state index is 13.2. The van der Waals surface area contributed by atoms with E-state index in [1.54, 1.807) is 12.1 Å². The van der Waals surface area contributed by atoms with Crippen molar-refractivity contribution in [3.63, 3.8) is 0 Å². The number of halogens is 1. The van der Waals surface area contributed by atoms with E-state index >= 15 is 0 Å². The zero-order valence-corrected chi connectivity index (χ0v) is 10.5. The molecule has 0 aliphatic carbocycles. The second kappa shape index (κ2) is 5.48. The topological polar surface area (TPSA) is 48.4 Å². The second-order valence-corrected chi connectivity index (χ2v) is 3.80. The van der Waals surface area contributed by atoms with Gasteiger partial charge in [0, 0.05) is 17.3 Å². The molecule has 0 spiro atoms. The SMILES string of the molecule is COc1cc(C=O)c(-c2cncc(F)c2)cc1OC. The maximum absolute atomic E-state index is 13.2. The average Bonchev–Trinajstić information content (AvgIpc) is 2.45. The van der Waals surface area contributed by atoms with Gasteiger partial charge in [0.2, 0.25) is 0 Å². The Morgan fingerprint density at radius 2 is 1.79 bits per heavy atom. The molecule has 4 nitrogen and oxygen atoms in total. The summed E-state index contributed by atoms with van der Waals surface area (Å²) in [6.07, 6.45) is 3.27. The number of ether oxygens (including phenoxy) is 2. The van der Waals surface area contributed by atoms with Crippen LogP contribution in [0.5, 0.6) is 11.5 Å². The van der Waals surface area contributed by atoms with E-state index in [2.05, 4.69) is 4.98 Å². The first-order chi connectivity index (χ1) is 9.19. The highest BCUT2D eigenvalue weighted by atomic mass is 19.1. The number of hydrogen-bond acceptors (Lipinski definition) is 4. The van der Waals surface area contributed by atoms with Crippen molar-refractivity contribution in [2.45, 2.75) is 0 Å². The van der Waals surface area contributed by atoms with E-state index in [0.717, 1.165) is 6.20 Å². The summed E-state index contributed by atoms with van der Waals surface area (Å²) >= 11 is 0. The van der Waals surface area contributed by atoms with E-state index in [0.29, 0.717) is 34.5 Å². The largest absolute Gasteiger partial charge is 0.493 e. The summed E-state index contributed by atoms with van der Waals surface area (Å²) in [5.41, 5.74) is 1.42. The Bertz CT molecular complexity index is 614. The Labute approximate surface area is 109 Å². The molecular formula is C14H12FNO3. The van der Waals surface area contributed by atoms with Crippen LogP contribution >= 0.6 is 0 Å². The fourth-order valence-corrected chi connectivity index (χ4v) is 1.80. The van der Waals surface area contributed by atoms with Crippen LogP contribution in [-0.2, 0) is 0 Å². The molecular weight excluding hydrogens is 249 g/mol. The minimum atomic E-state index is -0.468. The van der Waals surface area contributed by atoms with Crippen molar-refractivity contribution < 1.29 is 18.7 Å². The number of rotatable bonds is 4. The lowest BCUT2D eigenvalue weighted by Gasteiger charge is -2.12. The summed E-state index contributed by atoms with van der Waals surface area (Å²) in [7, 11) is 2.97. The molecule has 0 fully saturated rings. The van der Waals surface area contributed by atoms with Crippen molar-refractivity contribution in [3.8, 4) is 22.6 Å². The van der Waals surface area contributed by atoms with E-state index in [-0.39, 0.29) is 0 Å². The van der Waals surface area contributed by atoms with Gasteiger partial charge in [-0.05, 0) is 23.8 Å². The van der Waals surface area contributed by atoms with Crippen molar-refractivity contribution in [1.82, 2.24) is 4.98 Å². The van der Waals surface area contributed by atoms with Crippen molar-refractivity contribution in [2.24, 2.45) is 0 Å². The Morgan fingerprint density at radius 3 is 2.37 bits per heavy atom. The van der Waals surface area contributed by atoms with E-state index in [1.165, 1.54) is 26.5 Å². The van der Waals surface area contributed by atoms with Gasteiger partial charge in [-0.15, -0.1) is 0 Å². The van der Waals surface area contributed by atoms with Crippen LogP contribution in [0, 0.1) is 5.82 Å². The molecule has 1 aromatic carbocycles. The number of aromatic nitrogens is 1. The van der Waals surface area contributed by atoms with Gasteiger partial charge >= 0.3 is 0 Å². The quantitative estimate of drug-likeness (QED) is 0.794. The highest BCUT2D eigenvalue weighted by molar-refractivity contribution is 5.89. The molecule has 0 N–H and O–H groups in total. The van der Waals surface area contributed by atoms with Gasteiger partial charge in [0.15, 0.2) is 17.8 Å². The van der Waals surface area contributed by atoms with Crippen molar-refractivity contribution in [3.05, 3.63) is 42.0 Å². The Morgan fingerprint density at radius 1 is 1.11 bits per heavy atom. The van der Waals surface area contributed by atoms with Crippen LogP contribution in [-0.4, -0.2) is 25.5 Å². The first-order valence-electron chi connectivity index (χ1n) is 5.51. The zero-order valence-electron chi connectivity index (χ0n) is 10.5. The Hall–Kier alpha value is -2.43. The maximum Gasteiger partial charge on any atom is 0.161 e. The number of carbonyl (C=O) groups excluding carboxylic acids is 1. The van der Waals surface area contributed by atoms with E-state index in [4.69, 9.17) is 9.47 Å². The van der Waals surface area contributed by atoms with Crippen LogP contribution in [0.1, 0.15) is 10.4 Å². The van der Waals surface area contributed by atoms with Gasteiger partial charge in [0.1, 0.15) is 5.82 Å². The number of benzene rings is 1. The van der Waals surface area contributed by atoms with Crippen LogP contribution in [0.2, 0.25) is 0 Å². The van der Waals surface area contributed by atoms with Gasteiger partial charge in [0.25, 0.3) is 0 Å². The number of pyridine rings is 1. The first kappa shape index (κ1) is 13.0. The first-order valence-corrected chi connectivity index (χ1v) is 5.51. The third-order valence-electron chi connectivity index (χ3n) is 2.70. The van der Waals surface area contributed by atoms with Crippen LogP contribution in [0.3, 0.4) is 0 Å². The van der Waals surface area contributed by atoms with Gasteiger partial charge < -0.3 is 9.47 Å². The highest BCUT2D eigenvalue weighted by Crippen LogP contribution is 2.34. The molecule has 0 bridgehead atoms. The number of aldehydes is 1. The summed E-state index contributed by atoms with van der Waals surface area (Å²) in [5.74, 6) is 0.439. The summed E-state index contributed by atoms with van der Waals surface area (Å²) in [6.45, 7) is 0. The third kappa shape index (κ3) is 2.54. The van der Waals surface area contributed by atoms with Crippen molar-refractivity contribution in [2.75, 3.05) is 14.2 Å². The summed E-state index contributed by atoms with van der Waals surface area (Å²) in [4.78, 5) is 14.9. The molecule has 19 heavy (non-hydrogen) atoms. The van der Waals surface area contributed by atoms with Crippen LogP contribution in [0.25, 0.3) is 11.1 Å². The van der Waals surface area contributed by atoms with E-state index in [1.807, 2.05) is 0 Å². The molecule has 0 atom stereocenters. The minimum Gasteiger partial charge on any atom is -0.493 e. The van der Waals surface area contributed by atoms with Gasteiger partial charge in [-0.25, -0.2) is 4.39 Å². The normalized spacial score (nSPS) is 10.1. The molecule has 1 heterocycles. The molecule has 0 saturated carbocycles. The van der Waals surface area contributed by atoms with Gasteiger partial charge in [0.05, 0.1) is 20.4 Å². The van der Waals surface area contributed by atoms with Crippen LogP contribution < -0.4 is 9.47 Å². The standard InChI is InChI=1S/C14H12FNO3/c1-18-13-4-10(8-17)12(5-14(13)19-2)9-3-11(15)7-16-6-9/h3-8H,1-2H3. The molecule has 0 radical (unpaired) electrons. The molecule has 1 aromatic heterocycles. The smallest absolute Gasteiger partial charge is 0.161 e. The predicted octanol–water partition coefficient (Wildman–Crippen LogP) is 2.72. The van der Waals surface area contributed by atoms with Gasteiger partial charge in [-0.1, -0.05) is 0 Å². The lowest BCUT2D eigenvalue weighted by molar-refractivity contribution is 0.112. The fourth-order valence-electron chi connectivity index (χ4n) is 1.80. The molecule has 0 amide bonds. The summed E-state index contributed by atoms with van der Waals surface area (Å²) in [6, 6.07) is 4.48. The van der Waals surface area contributed by atoms with E-state index < -0.39 is 5.82 Å². The van der Waals surface area contributed by atoms with Gasteiger partial charge in [-0.2, -0.15) is 0 Å². The van der Waals surface area contributed by atoms with Crippen LogP contribution in [0.15, 0.2) is 30.6 Å². The van der Waals surface area contributed by atoms with Crippen molar-refractivity contribution in [1.29, 1.82) is 0 Å². The predicted molar refractivity (Wildman–Crippen MR) is 68.1 cm³/mol. The molecule has 0 unspecified atom stereocenters. The molecule has 2 aromatic rings. The monoisotopic (exact) mass is 261 g/mol. The molecule has 0 aliphatic rings. The molecule has 0 aliphatic heterocycles. The fraction of sp³-hybridized carbons (Fsp3) is 0.143. The lowest BCUT2D eigenvalue weighted by Crippen LogP contribution is -1.96. The second-order valence-electron chi connectivity index (χ2n) is 3.80. The number of carbonyl (C=O) groups is 1. The zero-order chi connectivity index (χ0) is 13.8. The van der Waals surface area contributed by atoms with Crippen LogP contribution in [0.4, 0.5) is 4.39 Å². The third-order valence-corrected chi connectivity index (χ3v) is 2.70. The highest BCUT2D eigenvalue weighted by Gasteiger charge is 2.13. The number of methoxy groups -OCH3 is 2. The lowest BCUT2D eigenvalue weighted by atomic mass is 10.0. The average molecular weight is 261 g/mol. The van der Waals surface area contributed by atoms with Gasteiger partial charge in [-0.3, -0.25) is 9.78 Å². The van der Waals surface area contributed by atoms with Crippen molar-refractivity contribution >= 4 is 6.29 Å². The van der Waals surface area contributed by atoms with E-state index in [9.17, 15) is 9.18 Å². The Kier molecular flexibility index (Phi) is 3.75. The number of hydrogen-bond donors (Lipinski definition) is 0. The molecule has 2 rings (SSSR count). The molecule has 98 valence electrons. The molecule has 5 heteroatoms.